The van der Waals surface area contributed by atoms with Crippen molar-refractivity contribution in [2.24, 2.45) is 0 Å². The number of anilines is 1. The molecule has 0 aliphatic carbocycles. The summed E-state index contributed by atoms with van der Waals surface area (Å²) >= 11 is 0. The lowest BCUT2D eigenvalue weighted by atomic mass is 10.1. The van der Waals surface area contributed by atoms with Crippen LogP contribution in [0.5, 0.6) is 5.75 Å². The summed E-state index contributed by atoms with van der Waals surface area (Å²) in [5.41, 5.74) is 1.05. The highest BCUT2D eigenvalue weighted by molar-refractivity contribution is 5.94. The fraction of sp³-hybridized carbons (Fsp3) is 0.423. The van der Waals surface area contributed by atoms with E-state index in [0.717, 1.165) is 19.4 Å². The average molecular weight is 485 g/mol. The molecule has 0 bridgehead atoms. The first-order valence-electron chi connectivity index (χ1n) is 11.8. The fourth-order valence-electron chi connectivity index (χ4n) is 4.13. The van der Waals surface area contributed by atoms with Gasteiger partial charge in [0.25, 0.3) is 5.91 Å². The number of hydrogen-bond donors (Lipinski definition) is 0. The normalized spacial score (nSPS) is 17.8. The summed E-state index contributed by atoms with van der Waals surface area (Å²) in [5.74, 6) is -0.913. The van der Waals surface area contributed by atoms with Crippen LogP contribution < -0.4 is 9.64 Å². The Labute approximate surface area is 203 Å². The quantitative estimate of drug-likeness (QED) is 0.421. The van der Waals surface area contributed by atoms with Crippen molar-refractivity contribution in [2.75, 3.05) is 50.9 Å². The van der Waals surface area contributed by atoms with E-state index in [9.17, 15) is 18.8 Å². The maximum absolute atomic E-state index is 14.4. The van der Waals surface area contributed by atoms with E-state index < -0.39 is 11.8 Å². The second kappa shape index (κ2) is 11.3. The van der Waals surface area contributed by atoms with Gasteiger partial charge in [-0.25, -0.2) is 9.18 Å². The van der Waals surface area contributed by atoms with E-state index >= 15 is 0 Å². The predicted molar refractivity (Wildman–Crippen MR) is 126 cm³/mol. The highest BCUT2D eigenvalue weighted by atomic mass is 19.1. The Kier molecular flexibility index (Phi) is 7.97. The molecular weight excluding hydrogens is 455 g/mol. The van der Waals surface area contributed by atoms with Gasteiger partial charge >= 0.3 is 5.97 Å². The predicted octanol–water partition coefficient (Wildman–Crippen LogP) is 3.09. The Morgan fingerprint density at radius 3 is 2.37 bits per heavy atom. The Hall–Kier alpha value is -3.46. The van der Waals surface area contributed by atoms with E-state index in [4.69, 9.17) is 14.2 Å². The number of amides is 1. The van der Waals surface area contributed by atoms with Crippen LogP contribution >= 0.6 is 0 Å². The summed E-state index contributed by atoms with van der Waals surface area (Å²) in [4.78, 5) is 39.7. The zero-order chi connectivity index (χ0) is 24.8. The van der Waals surface area contributed by atoms with Crippen LogP contribution in [0.3, 0.4) is 0 Å². The topological polar surface area (TPSA) is 85.4 Å². The van der Waals surface area contributed by atoms with Gasteiger partial charge in [-0.1, -0.05) is 0 Å². The molecule has 0 saturated carbocycles. The summed E-state index contributed by atoms with van der Waals surface area (Å²) in [7, 11) is 0. The van der Waals surface area contributed by atoms with Crippen molar-refractivity contribution in [3.8, 4) is 5.75 Å². The van der Waals surface area contributed by atoms with Gasteiger partial charge in [0.15, 0.2) is 12.4 Å². The van der Waals surface area contributed by atoms with Crippen LogP contribution in [0.4, 0.5) is 10.1 Å². The van der Waals surface area contributed by atoms with Crippen LogP contribution in [0.1, 0.15) is 40.5 Å². The largest absolute Gasteiger partial charge is 0.491 e. The fourth-order valence-corrected chi connectivity index (χ4v) is 4.13. The number of nitrogens with zero attached hydrogens (tertiary/aromatic N) is 2. The summed E-state index contributed by atoms with van der Waals surface area (Å²) < 4.78 is 30.8. The lowest BCUT2D eigenvalue weighted by molar-refractivity contribution is -0.134. The van der Waals surface area contributed by atoms with Gasteiger partial charge in [-0.2, -0.15) is 0 Å². The first-order chi connectivity index (χ1) is 16.9. The van der Waals surface area contributed by atoms with E-state index in [1.54, 1.807) is 41.3 Å². The zero-order valence-corrected chi connectivity index (χ0v) is 19.7. The average Bonchev–Trinajstić information content (AvgIpc) is 3.40. The van der Waals surface area contributed by atoms with Crippen LogP contribution in [0.15, 0.2) is 42.5 Å². The minimum absolute atomic E-state index is 0.110. The second-order valence-corrected chi connectivity index (χ2v) is 8.64. The summed E-state index contributed by atoms with van der Waals surface area (Å²) in [5, 5.41) is 0. The second-order valence-electron chi connectivity index (χ2n) is 8.64. The van der Waals surface area contributed by atoms with E-state index in [0.29, 0.717) is 55.3 Å². The molecule has 2 fully saturated rings. The third-order valence-corrected chi connectivity index (χ3v) is 6.20. The van der Waals surface area contributed by atoms with Gasteiger partial charge in [-0.05, 0) is 62.2 Å². The smallest absolute Gasteiger partial charge is 0.338 e. The van der Waals surface area contributed by atoms with Gasteiger partial charge in [0.1, 0.15) is 18.2 Å². The molecule has 2 aromatic carbocycles. The Morgan fingerprint density at radius 2 is 1.74 bits per heavy atom. The molecule has 0 N–H and O–H groups in total. The van der Waals surface area contributed by atoms with Gasteiger partial charge < -0.3 is 24.0 Å². The molecular formula is C26H29FN2O6. The van der Waals surface area contributed by atoms with Crippen molar-refractivity contribution < 1.29 is 33.0 Å². The number of Topliss-reactive ketones (excluding diaryl/α,β-unsaturated/α-hetero) is 1. The van der Waals surface area contributed by atoms with Crippen molar-refractivity contribution in [1.29, 1.82) is 0 Å². The minimum atomic E-state index is -0.588. The lowest BCUT2D eigenvalue weighted by Gasteiger charge is -2.36. The van der Waals surface area contributed by atoms with Crippen molar-refractivity contribution in [3.05, 3.63) is 59.4 Å². The molecule has 35 heavy (non-hydrogen) atoms. The number of carbonyl (C=O) groups excluding carboxylic acids is 3. The molecule has 0 aromatic heterocycles. The van der Waals surface area contributed by atoms with Crippen LogP contribution in [-0.2, 0) is 14.3 Å². The highest BCUT2D eigenvalue weighted by Gasteiger charge is 2.24. The lowest BCUT2D eigenvalue weighted by Crippen LogP contribution is -2.50. The van der Waals surface area contributed by atoms with Crippen LogP contribution in [0.2, 0.25) is 0 Å². The van der Waals surface area contributed by atoms with Crippen molar-refractivity contribution in [1.82, 2.24) is 4.90 Å². The molecule has 2 aliphatic rings. The molecule has 9 heteroatoms. The Morgan fingerprint density at radius 1 is 1.03 bits per heavy atom. The van der Waals surface area contributed by atoms with Gasteiger partial charge in [0.05, 0.1) is 17.4 Å². The van der Waals surface area contributed by atoms with Gasteiger partial charge in [-0.3, -0.25) is 9.59 Å². The monoisotopic (exact) mass is 484 g/mol. The van der Waals surface area contributed by atoms with E-state index in [1.165, 1.54) is 13.0 Å². The van der Waals surface area contributed by atoms with Crippen molar-refractivity contribution in [3.63, 3.8) is 0 Å². The molecule has 2 aliphatic heterocycles. The van der Waals surface area contributed by atoms with Crippen LogP contribution in [0, 0.1) is 5.82 Å². The van der Waals surface area contributed by atoms with Gasteiger partial charge in [-0.15, -0.1) is 0 Å². The molecule has 186 valence electrons. The number of piperazine rings is 1. The minimum Gasteiger partial charge on any atom is -0.491 e. The van der Waals surface area contributed by atoms with Gasteiger partial charge in [0, 0.05) is 38.3 Å². The van der Waals surface area contributed by atoms with Crippen LogP contribution in [-0.4, -0.2) is 74.7 Å². The Balaban J connectivity index is 1.21. The van der Waals surface area contributed by atoms with E-state index in [2.05, 4.69) is 0 Å². The zero-order valence-electron chi connectivity index (χ0n) is 19.7. The summed E-state index contributed by atoms with van der Waals surface area (Å²) in [6, 6.07) is 11.0. The molecule has 2 saturated heterocycles. The van der Waals surface area contributed by atoms with Crippen LogP contribution in [0.25, 0.3) is 0 Å². The van der Waals surface area contributed by atoms with Crippen molar-refractivity contribution in [2.45, 2.75) is 25.9 Å². The number of esters is 1. The summed E-state index contributed by atoms with van der Waals surface area (Å²) in [6.07, 6.45) is 2.14. The maximum atomic E-state index is 14.4. The first kappa shape index (κ1) is 24.7. The number of ketones is 1. The molecule has 0 spiro atoms. The molecule has 1 atom stereocenters. The van der Waals surface area contributed by atoms with E-state index in [1.807, 2.05) is 4.90 Å². The maximum Gasteiger partial charge on any atom is 0.338 e. The molecule has 2 aromatic rings. The molecule has 2 heterocycles. The van der Waals surface area contributed by atoms with Gasteiger partial charge in [0.2, 0.25) is 0 Å². The molecule has 0 radical (unpaired) electrons. The molecule has 4 rings (SSSR count). The van der Waals surface area contributed by atoms with Crippen molar-refractivity contribution >= 4 is 23.3 Å². The number of rotatable bonds is 8. The highest BCUT2D eigenvalue weighted by Crippen LogP contribution is 2.22. The standard InChI is InChI=1S/C26H29FN2O6/c1-18(30)20-6-9-24(23(27)15-20)28-10-12-29(13-11-28)25(31)17-35-26(32)19-4-7-21(8-5-19)34-16-22-3-2-14-33-22/h4-9,15,22H,2-3,10-14,16-17H2,1H3/t22-/m0/s1. The molecule has 1 amide bonds. The van der Waals surface area contributed by atoms with E-state index in [-0.39, 0.29) is 24.4 Å². The number of hydrogen-bond acceptors (Lipinski definition) is 7. The number of benzene rings is 2. The summed E-state index contributed by atoms with van der Waals surface area (Å²) in [6.45, 7) is 3.89. The first-order valence-corrected chi connectivity index (χ1v) is 11.8. The molecule has 8 nitrogen and oxygen atoms in total. The number of ether oxygens (including phenoxy) is 3. The number of carbonyl (C=O) groups is 3. The third kappa shape index (κ3) is 6.36. The SMILES string of the molecule is CC(=O)c1ccc(N2CCN(C(=O)COC(=O)c3ccc(OC[C@@H]4CCCO4)cc3)CC2)c(F)c1. The molecule has 0 unspecified atom stereocenters. The third-order valence-electron chi connectivity index (χ3n) is 6.20. The number of halogens is 1. The Bertz CT molecular complexity index is 1060.